The van der Waals surface area contributed by atoms with Gasteiger partial charge >= 0.3 is 0 Å². The fourth-order valence-electron chi connectivity index (χ4n) is 1.12. The largest absolute Gasteiger partial charge is 0.360 e. The summed E-state index contributed by atoms with van der Waals surface area (Å²) in [5, 5.41) is 7.34. The monoisotopic (exact) mass is 294 g/mol. The van der Waals surface area contributed by atoms with Crippen LogP contribution in [-0.2, 0) is 4.79 Å². The number of halogens is 1. The molecule has 0 fully saturated rings. The van der Waals surface area contributed by atoms with Crippen LogP contribution >= 0.6 is 24.6 Å². The Kier molecular flexibility index (Phi) is 12.4. The van der Waals surface area contributed by atoms with Crippen molar-refractivity contribution >= 4 is 41.2 Å². The van der Waals surface area contributed by atoms with Gasteiger partial charge in [0.1, 0.15) is 5.71 Å². The van der Waals surface area contributed by atoms with Crippen molar-refractivity contribution in [1.29, 1.82) is 0 Å². The molecule has 0 unspecified atom stereocenters. The summed E-state index contributed by atoms with van der Waals surface area (Å²) in [6.45, 7) is 11.1. The van der Waals surface area contributed by atoms with E-state index in [0.717, 1.165) is 26.2 Å². The number of rotatable bonds is 7. The molecule has 0 aliphatic rings. The standard InChI is InChI=1S/C11H22N4OS.ClH/c1-5-15(6-2)8-7-12-11(17)14-13-9(3)10(4)16;/h5-8H2,1-4H3,(H2,12,14,17);1H. The van der Waals surface area contributed by atoms with E-state index in [4.69, 9.17) is 12.2 Å². The molecule has 0 rings (SSSR count). The molecule has 5 nitrogen and oxygen atoms in total. The van der Waals surface area contributed by atoms with E-state index in [1.165, 1.54) is 6.92 Å². The minimum atomic E-state index is -0.0663. The van der Waals surface area contributed by atoms with Crippen molar-refractivity contribution in [3.8, 4) is 0 Å². The molecule has 0 aromatic rings. The summed E-state index contributed by atoms with van der Waals surface area (Å²) in [4.78, 5) is 13.2. The second-order valence-corrected chi connectivity index (χ2v) is 4.06. The molecule has 18 heavy (non-hydrogen) atoms. The highest BCUT2D eigenvalue weighted by Gasteiger charge is 2.00. The topological polar surface area (TPSA) is 56.7 Å². The van der Waals surface area contributed by atoms with Crippen molar-refractivity contribution in [1.82, 2.24) is 15.6 Å². The van der Waals surface area contributed by atoms with Gasteiger partial charge in [-0.25, -0.2) is 0 Å². The third-order valence-electron chi connectivity index (χ3n) is 2.44. The Labute approximate surface area is 121 Å². The van der Waals surface area contributed by atoms with Gasteiger partial charge in [-0.15, -0.1) is 12.4 Å². The summed E-state index contributed by atoms with van der Waals surface area (Å²) in [5.74, 6) is -0.0663. The van der Waals surface area contributed by atoms with Gasteiger partial charge in [0, 0.05) is 20.0 Å². The summed E-state index contributed by atoms with van der Waals surface area (Å²) in [6, 6.07) is 0. The first-order chi connectivity index (χ1) is 8.01. The molecule has 2 N–H and O–H groups in total. The SMILES string of the molecule is CCN(CC)CCNC(=S)NN=C(C)C(C)=O.Cl. The quantitative estimate of drug-likeness (QED) is 0.419. The normalized spacial score (nSPS) is 10.8. The maximum absolute atomic E-state index is 10.9. The zero-order chi connectivity index (χ0) is 13.3. The summed E-state index contributed by atoms with van der Waals surface area (Å²) in [6.07, 6.45) is 0. The molecule has 0 radical (unpaired) electrons. The highest BCUT2D eigenvalue weighted by Crippen LogP contribution is 1.84. The number of Topliss-reactive ketones (excluding diaryl/α,β-unsaturated/α-hetero) is 1. The average molecular weight is 295 g/mol. The Bertz CT molecular complexity index is 293. The highest BCUT2D eigenvalue weighted by molar-refractivity contribution is 7.80. The number of likely N-dealkylation sites (N-methyl/N-ethyl adjacent to an activating group) is 1. The lowest BCUT2D eigenvalue weighted by Gasteiger charge is -2.18. The van der Waals surface area contributed by atoms with Crippen molar-refractivity contribution in [3.63, 3.8) is 0 Å². The van der Waals surface area contributed by atoms with Crippen molar-refractivity contribution in [2.24, 2.45) is 5.10 Å². The highest BCUT2D eigenvalue weighted by atomic mass is 35.5. The van der Waals surface area contributed by atoms with Gasteiger partial charge in [-0.05, 0) is 32.2 Å². The molecule has 0 spiro atoms. The van der Waals surface area contributed by atoms with Crippen molar-refractivity contribution in [3.05, 3.63) is 0 Å². The predicted molar refractivity (Wildman–Crippen MR) is 82.6 cm³/mol. The number of hydrogen-bond donors (Lipinski definition) is 2. The minimum absolute atomic E-state index is 0. The second kappa shape index (κ2) is 11.4. The van der Waals surface area contributed by atoms with Gasteiger partial charge in [0.2, 0.25) is 0 Å². The third kappa shape index (κ3) is 9.32. The first kappa shape index (κ1) is 19.6. The molecule has 0 atom stereocenters. The lowest BCUT2D eigenvalue weighted by atomic mass is 10.3. The molecule has 106 valence electrons. The first-order valence-corrected chi connectivity index (χ1v) is 6.23. The molecule has 0 heterocycles. The molecule has 0 saturated heterocycles. The van der Waals surface area contributed by atoms with E-state index < -0.39 is 0 Å². The van der Waals surface area contributed by atoms with Crippen LogP contribution in [0, 0.1) is 0 Å². The summed E-state index contributed by atoms with van der Waals surface area (Å²) in [7, 11) is 0. The fraction of sp³-hybridized carbons (Fsp3) is 0.727. The van der Waals surface area contributed by atoms with Gasteiger partial charge in [-0.1, -0.05) is 13.8 Å². The number of nitrogens with one attached hydrogen (secondary N) is 2. The van der Waals surface area contributed by atoms with E-state index in [-0.39, 0.29) is 18.2 Å². The van der Waals surface area contributed by atoms with Gasteiger partial charge in [0.15, 0.2) is 10.9 Å². The van der Waals surface area contributed by atoms with Crippen molar-refractivity contribution in [2.45, 2.75) is 27.7 Å². The van der Waals surface area contributed by atoms with Gasteiger partial charge in [0.05, 0.1) is 0 Å². The van der Waals surface area contributed by atoms with Crippen LogP contribution in [0.2, 0.25) is 0 Å². The Morgan fingerprint density at radius 3 is 2.28 bits per heavy atom. The number of nitrogens with zero attached hydrogens (tertiary/aromatic N) is 2. The number of hydrazone groups is 1. The Balaban J connectivity index is 0. The maximum Gasteiger partial charge on any atom is 0.187 e. The van der Waals surface area contributed by atoms with Gasteiger partial charge < -0.3 is 10.2 Å². The van der Waals surface area contributed by atoms with E-state index in [1.54, 1.807) is 6.92 Å². The van der Waals surface area contributed by atoms with Crippen molar-refractivity contribution < 1.29 is 4.79 Å². The maximum atomic E-state index is 10.9. The zero-order valence-corrected chi connectivity index (χ0v) is 13.1. The number of carbonyl (C=O) groups is 1. The Morgan fingerprint density at radius 1 is 1.28 bits per heavy atom. The lowest BCUT2D eigenvalue weighted by molar-refractivity contribution is -0.111. The molecule has 0 aromatic carbocycles. The van der Waals surface area contributed by atoms with Gasteiger partial charge in [0.25, 0.3) is 0 Å². The van der Waals surface area contributed by atoms with E-state index in [2.05, 4.69) is 34.6 Å². The third-order valence-corrected chi connectivity index (χ3v) is 2.68. The molecule has 7 heteroatoms. The molecular formula is C11H23ClN4OS. The van der Waals surface area contributed by atoms with Crippen LogP contribution in [-0.4, -0.2) is 47.7 Å². The molecule has 0 aliphatic heterocycles. The zero-order valence-electron chi connectivity index (χ0n) is 11.4. The van der Waals surface area contributed by atoms with E-state index in [0.29, 0.717) is 10.8 Å². The van der Waals surface area contributed by atoms with Crippen molar-refractivity contribution in [2.75, 3.05) is 26.2 Å². The molecule has 0 amide bonds. The van der Waals surface area contributed by atoms with E-state index >= 15 is 0 Å². The van der Waals surface area contributed by atoms with Crippen LogP contribution in [0.25, 0.3) is 0 Å². The molecule has 0 aromatic heterocycles. The van der Waals surface area contributed by atoms with Gasteiger partial charge in [-0.2, -0.15) is 5.10 Å². The van der Waals surface area contributed by atoms with Crippen LogP contribution in [0.15, 0.2) is 5.10 Å². The Hall–Kier alpha value is -0.720. The van der Waals surface area contributed by atoms with E-state index in [9.17, 15) is 4.79 Å². The molecule has 0 saturated carbocycles. The fourth-order valence-corrected chi connectivity index (χ4v) is 1.27. The molecule has 0 aliphatic carbocycles. The van der Waals surface area contributed by atoms with Crippen LogP contribution in [0.1, 0.15) is 27.7 Å². The summed E-state index contributed by atoms with van der Waals surface area (Å²) < 4.78 is 0. The van der Waals surface area contributed by atoms with Crippen LogP contribution in [0.3, 0.4) is 0 Å². The smallest absolute Gasteiger partial charge is 0.187 e. The number of hydrogen-bond acceptors (Lipinski definition) is 4. The van der Waals surface area contributed by atoms with Crippen LogP contribution < -0.4 is 10.7 Å². The summed E-state index contributed by atoms with van der Waals surface area (Å²) >= 11 is 5.02. The Morgan fingerprint density at radius 2 is 1.83 bits per heavy atom. The van der Waals surface area contributed by atoms with Crippen LogP contribution in [0.5, 0.6) is 0 Å². The first-order valence-electron chi connectivity index (χ1n) is 5.82. The lowest BCUT2D eigenvalue weighted by Crippen LogP contribution is -2.38. The second-order valence-electron chi connectivity index (χ2n) is 3.65. The molecule has 0 bridgehead atoms. The van der Waals surface area contributed by atoms with Crippen LogP contribution in [0.4, 0.5) is 0 Å². The number of thiocarbonyl (C=S) groups is 1. The van der Waals surface area contributed by atoms with Gasteiger partial charge in [-0.3, -0.25) is 10.2 Å². The minimum Gasteiger partial charge on any atom is -0.360 e. The number of ketones is 1. The predicted octanol–water partition coefficient (Wildman–Crippen LogP) is 1.18. The number of carbonyl (C=O) groups excluding carboxylic acids is 1. The van der Waals surface area contributed by atoms with E-state index in [1.807, 2.05) is 0 Å². The summed E-state index contributed by atoms with van der Waals surface area (Å²) in [5.41, 5.74) is 3.06. The molecular weight excluding hydrogens is 272 g/mol. The average Bonchev–Trinajstić information content (AvgIpc) is 2.31.